The second kappa shape index (κ2) is 4.85. The number of carbonyl (C=O) groups excluding carboxylic acids is 1. The van der Waals surface area contributed by atoms with Crippen molar-refractivity contribution in [1.29, 1.82) is 0 Å². The number of hydrogen-bond acceptors (Lipinski definition) is 4. The number of nitrogen functional groups attached to an aromatic ring is 1. The van der Waals surface area contributed by atoms with Crippen LogP contribution in [0.25, 0.3) is 0 Å². The van der Waals surface area contributed by atoms with E-state index in [-0.39, 0.29) is 16.9 Å². The quantitative estimate of drug-likeness (QED) is 0.492. The van der Waals surface area contributed by atoms with Gasteiger partial charge in [0, 0.05) is 0 Å². The van der Waals surface area contributed by atoms with Crippen molar-refractivity contribution < 1.29 is 19.4 Å². The normalized spacial score (nSPS) is 10.2. The number of aromatic hydroxyl groups is 2. The van der Waals surface area contributed by atoms with Crippen LogP contribution in [0.5, 0.6) is 11.5 Å². The summed E-state index contributed by atoms with van der Waals surface area (Å²) in [6, 6.07) is 7.89. The molecule has 0 aliphatic rings. The molecule has 0 spiro atoms. The molecule has 0 fully saturated rings. The zero-order valence-corrected chi connectivity index (χ0v) is 9.72. The van der Waals surface area contributed by atoms with E-state index in [1.54, 1.807) is 0 Å². The SMILES string of the molecule is Nc1cccc(F)c1NC(=O)c1cccc(O)c1O. The highest BCUT2D eigenvalue weighted by molar-refractivity contribution is 6.07. The molecule has 0 radical (unpaired) electrons. The van der Waals surface area contributed by atoms with Crippen molar-refractivity contribution in [3.63, 3.8) is 0 Å². The fraction of sp³-hybridized carbons (Fsp3) is 0. The van der Waals surface area contributed by atoms with Gasteiger partial charge in [-0.25, -0.2) is 4.39 Å². The number of anilines is 2. The van der Waals surface area contributed by atoms with E-state index >= 15 is 0 Å². The molecule has 5 N–H and O–H groups in total. The summed E-state index contributed by atoms with van der Waals surface area (Å²) in [6.45, 7) is 0. The summed E-state index contributed by atoms with van der Waals surface area (Å²) in [5.74, 6) is -2.47. The van der Waals surface area contributed by atoms with Crippen LogP contribution in [0.4, 0.5) is 15.8 Å². The van der Waals surface area contributed by atoms with Gasteiger partial charge in [-0.05, 0) is 24.3 Å². The number of phenolic OH excluding ortho intramolecular Hbond substituents is 2. The molecule has 2 aromatic carbocycles. The highest BCUT2D eigenvalue weighted by atomic mass is 19.1. The van der Waals surface area contributed by atoms with Gasteiger partial charge in [0.25, 0.3) is 5.91 Å². The van der Waals surface area contributed by atoms with Gasteiger partial charge < -0.3 is 21.3 Å². The summed E-state index contributed by atoms with van der Waals surface area (Å²) in [7, 11) is 0. The Labute approximate surface area is 108 Å². The van der Waals surface area contributed by atoms with Crippen molar-refractivity contribution in [2.75, 3.05) is 11.1 Å². The van der Waals surface area contributed by atoms with Crippen molar-refractivity contribution >= 4 is 17.3 Å². The smallest absolute Gasteiger partial charge is 0.259 e. The Morgan fingerprint density at radius 1 is 1.16 bits per heavy atom. The molecule has 5 nitrogen and oxygen atoms in total. The lowest BCUT2D eigenvalue weighted by Crippen LogP contribution is -2.14. The maximum atomic E-state index is 13.5. The van der Waals surface area contributed by atoms with E-state index in [1.165, 1.54) is 30.3 Å². The minimum atomic E-state index is -0.773. The molecule has 0 aromatic heterocycles. The lowest BCUT2D eigenvalue weighted by atomic mass is 10.1. The van der Waals surface area contributed by atoms with Crippen LogP contribution < -0.4 is 11.1 Å². The monoisotopic (exact) mass is 262 g/mol. The number of para-hydroxylation sites is 2. The number of rotatable bonds is 2. The van der Waals surface area contributed by atoms with Gasteiger partial charge in [-0.3, -0.25) is 4.79 Å². The number of phenols is 2. The number of nitrogens with one attached hydrogen (secondary N) is 1. The maximum absolute atomic E-state index is 13.5. The summed E-state index contributed by atoms with van der Waals surface area (Å²) >= 11 is 0. The molecule has 2 rings (SSSR count). The van der Waals surface area contributed by atoms with Crippen LogP contribution >= 0.6 is 0 Å². The minimum Gasteiger partial charge on any atom is -0.504 e. The van der Waals surface area contributed by atoms with E-state index in [4.69, 9.17) is 5.73 Å². The van der Waals surface area contributed by atoms with Crippen LogP contribution in [0.15, 0.2) is 36.4 Å². The van der Waals surface area contributed by atoms with Crippen LogP contribution in [0.2, 0.25) is 0 Å². The molecular weight excluding hydrogens is 251 g/mol. The van der Waals surface area contributed by atoms with Crippen LogP contribution in [0, 0.1) is 5.82 Å². The third kappa shape index (κ3) is 2.42. The predicted molar refractivity (Wildman–Crippen MR) is 68.5 cm³/mol. The van der Waals surface area contributed by atoms with Crippen molar-refractivity contribution in [2.24, 2.45) is 0 Å². The molecule has 98 valence electrons. The first kappa shape index (κ1) is 12.7. The molecule has 0 unspecified atom stereocenters. The van der Waals surface area contributed by atoms with E-state index in [0.29, 0.717) is 0 Å². The fourth-order valence-electron chi connectivity index (χ4n) is 1.57. The number of carbonyl (C=O) groups is 1. The Kier molecular flexibility index (Phi) is 3.24. The van der Waals surface area contributed by atoms with Gasteiger partial charge in [-0.1, -0.05) is 12.1 Å². The van der Waals surface area contributed by atoms with E-state index in [1.807, 2.05) is 0 Å². The number of halogens is 1. The molecule has 0 saturated heterocycles. The molecule has 0 bridgehead atoms. The Morgan fingerprint density at radius 3 is 2.53 bits per heavy atom. The average Bonchev–Trinajstić information content (AvgIpc) is 2.37. The first-order valence-electron chi connectivity index (χ1n) is 5.37. The van der Waals surface area contributed by atoms with Gasteiger partial charge in [0.05, 0.1) is 11.3 Å². The van der Waals surface area contributed by atoms with Gasteiger partial charge in [0.2, 0.25) is 0 Å². The highest BCUT2D eigenvalue weighted by Crippen LogP contribution is 2.30. The molecule has 0 saturated carbocycles. The van der Waals surface area contributed by atoms with Crippen LogP contribution in [-0.2, 0) is 0 Å². The van der Waals surface area contributed by atoms with E-state index in [9.17, 15) is 19.4 Å². The Hall–Kier alpha value is -2.76. The maximum Gasteiger partial charge on any atom is 0.259 e. The highest BCUT2D eigenvalue weighted by Gasteiger charge is 2.16. The molecule has 2 aromatic rings. The second-order valence-electron chi connectivity index (χ2n) is 3.83. The minimum absolute atomic E-state index is 0.0630. The standard InChI is InChI=1S/C13H11FN2O3/c14-8-4-2-5-9(15)11(8)16-13(19)7-3-1-6-10(17)12(7)18/h1-6,17-18H,15H2,(H,16,19). The molecule has 19 heavy (non-hydrogen) atoms. The summed E-state index contributed by atoms with van der Waals surface area (Å²) in [4.78, 5) is 11.9. The zero-order valence-electron chi connectivity index (χ0n) is 9.72. The summed E-state index contributed by atoms with van der Waals surface area (Å²) in [5.41, 5.74) is 5.26. The average molecular weight is 262 g/mol. The fourth-order valence-corrected chi connectivity index (χ4v) is 1.57. The lowest BCUT2D eigenvalue weighted by molar-refractivity contribution is 0.102. The Morgan fingerprint density at radius 2 is 1.84 bits per heavy atom. The second-order valence-corrected chi connectivity index (χ2v) is 3.83. The topological polar surface area (TPSA) is 95.6 Å². The molecular formula is C13H11FN2O3. The van der Waals surface area contributed by atoms with Gasteiger partial charge in [0.15, 0.2) is 11.5 Å². The van der Waals surface area contributed by atoms with Crippen LogP contribution in [0.1, 0.15) is 10.4 Å². The summed E-state index contributed by atoms with van der Waals surface area (Å²) in [6.07, 6.45) is 0. The van der Waals surface area contributed by atoms with E-state index < -0.39 is 23.2 Å². The van der Waals surface area contributed by atoms with Gasteiger partial charge in [-0.2, -0.15) is 0 Å². The summed E-state index contributed by atoms with van der Waals surface area (Å²) < 4.78 is 13.5. The van der Waals surface area contributed by atoms with Crippen molar-refractivity contribution in [3.8, 4) is 11.5 Å². The number of nitrogens with two attached hydrogens (primary N) is 1. The third-order valence-corrected chi connectivity index (χ3v) is 2.54. The molecule has 6 heteroatoms. The molecule has 0 aliphatic carbocycles. The van der Waals surface area contributed by atoms with Gasteiger partial charge in [-0.15, -0.1) is 0 Å². The third-order valence-electron chi connectivity index (χ3n) is 2.54. The zero-order chi connectivity index (χ0) is 14.0. The molecule has 0 heterocycles. The van der Waals surface area contributed by atoms with Gasteiger partial charge >= 0.3 is 0 Å². The molecule has 0 aliphatic heterocycles. The largest absolute Gasteiger partial charge is 0.504 e. The Bertz CT molecular complexity index is 624. The van der Waals surface area contributed by atoms with Crippen molar-refractivity contribution in [1.82, 2.24) is 0 Å². The first-order chi connectivity index (χ1) is 9.00. The van der Waals surface area contributed by atoms with E-state index in [0.717, 1.165) is 6.07 Å². The van der Waals surface area contributed by atoms with Crippen LogP contribution in [0.3, 0.4) is 0 Å². The van der Waals surface area contributed by atoms with Crippen LogP contribution in [-0.4, -0.2) is 16.1 Å². The first-order valence-corrected chi connectivity index (χ1v) is 5.37. The van der Waals surface area contributed by atoms with Gasteiger partial charge in [0.1, 0.15) is 11.5 Å². The Balaban J connectivity index is 2.34. The number of hydrogen-bond donors (Lipinski definition) is 4. The molecule has 1 amide bonds. The van der Waals surface area contributed by atoms with Crippen molar-refractivity contribution in [3.05, 3.63) is 47.8 Å². The van der Waals surface area contributed by atoms with E-state index in [2.05, 4.69) is 5.32 Å². The molecule has 0 atom stereocenters. The number of amides is 1. The lowest BCUT2D eigenvalue weighted by Gasteiger charge is -2.10. The summed E-state index contributed by atoms with van der Waals surface area (Å²) in [5, 5.41) is 21.1. The predicted octanol–water partition coefficient (Wildman–Crippen LogP) is 2.07. The number of benzene rings is 2. The van der Waals surface area contributed by atoms with Crippen molar-refractivity contribution in [2.45, 2.75) is 0 Å².